The van der Waals surface area contributed by atoms with Crippen LogP contribution in [0.15, 0.2) is 30.5 Å². The SMILES string of the molecule is CC(C)n1nccc1C(=O)N[C@@H](CC1(C(F)(F)F)CC1)c1nc2ccc([C@H](NC(=O)CC3CC(F)(F)C3)C3CC3)cc2[nH]1. The van der Waals surface area contributed by atoms with E-state index >= 15 is 0 Å². The van der Waals surface area contributed by atoms with E-state index in [1.165, 1.54) is 16.9 Å². The van der Waals surface area contributed by atoms with E-state index in [2.05, 4.69) is 25.7 Å². The van der Waals surface area contributed by atoms with Crippen molar-refractivity contribution in [3.8, 4) is 0 Å². The average Bonchev–Trinajstić information content (AvgIpc) is 3.80. The standard InChI is InChI=1S/C30H35F5N6O2/c1-16(2)41-23(7-10-36-41)27(43)39-22(15-28(8-9-28)30(33,34)35)26-37-20-6-5-19(12-21(20)38-26)25(18-3-4-18)40-24(42)11-17-13-29(31,32)14-17/h5-7,10,12,16-18,22,25H,3-4,8-9,11,13-15H2,1-2H3,(H,37,38)(H,39,43)(H,40,42)/t22-,25+/m0/s1. The van der Waals surface area contributed by atoms with Crippen LogP contribution in [-0.4, -0.2) is 43.7 Å². The van der Waals surface area contributed by atoms with Crippen molar-refractivity contribution in [3.63, 3.8) is 0 Å². The molecule has 3 aromatic rings. The van der Waals surface area contributed by atoms with E-state index in [0.29, 0.717) is 11.0 Å². The number of aromatic nitrogens is 4. The third-order valence-corrected chi connectivity index (χ3v) is 9.02. The van der Waals surface area contributed by atoms with Crippen LogP contribution in [0.1, 0.15) is 105 Å². The summed E-state index contributed by atoms with van der Waals surface area (Å²) in [6, 6.07) is 5.42. The number of hydrogen-bond acceptors (Lipinski definition) is 4. The van der Waals surface area contributed by atoms with Gasteiger partial charge in [-0.1, -0.05) is 6.07 Å². The fourth-order valence-electron chi connectivity index (χ4n) is 6.23. The Labute approximate surface area is 245 Å². The first-order chi connectivity index (χ1) is 20.2. The number of hydrogen-bond donors (Lipinski definition) is 3. The smallest absolute Gasteiger partial charge is 0.349 e. The first-order valence-electron chi connectivity index (χ1n) is 14.8. The summed E-state index contributed by atoms with van der Waals surface area (Å²) >= 11 is 0. The highest BCUT2D eigenvalue weighted by molar-refractivity contribution is 5.92. The van der Waals surface area contributed by atoms with Crippen molar-refractivity contribution in [1.29, 1.82) is 0 Å². The van der Waals surface area contributed by atoms with Crippen molar-refractivity contribution in [2.45, 2.75) is 95.4 Å². The molecule has 3 aliphatic carbocycles. The van der Waals surface area contributed by atoms with Gasteiger partial charge >= 0.3 is 6.18 Å². The number of nitrogens with one attached hydrogen (secondary N) is 3. The highest BCUT2D eigenvalue weighted by atomic mass is 19.4. The number of aromatic amines is 1. The normalized spacial score (nSPS) is 20.9. The molecule has 0 saturated heterocycles. The predicted molar refractivity (Wildman–Crippen MR) is 147 cm³/mol. The molecule has 0 spiro atoms. The maximum atomic E-state index is 14.0. The quantitative estimate of drug-likeness (QED) is 0.216. The van der Waals surface area contributed by atoms with Crippen LogP contribution in [0.25, 0.3) is 11.0 Å². The van der Waals surface area contributed by atoms with Gasteiger partial charge < -0.3 is 15.6 Å². The van der Waals surface area contributed by atoms with Crippen LogP contribution in [0, 0.1) is 17.3 Å². The minimum atomic E-state index is -4.42. The molecule has 8 nitrogen and oxygen atoms in total. The highest BCUT2D eigenvalue weighted by Crippen LogP contribution is 2.61. The second-order valence-electron chi connectivity index (χ2n) is 12.9. The lowest BCUT2D eigenvalue weighted by atomic mass is 9.79. The van der Waals surface area contributed by atoms with Crippen molar-refractivity contribution in [3.05, 3.63) is 47.5 Å². The van der Waals surface area contributed by atoms with Crippen LogP contribution in [0.3, 0.4) is 0 Å². The van der Waals surface area contributed by atoms with Gasteiger partial charge in [-0.25, -0.2) is 13.8 Å². The maximum Gasteiger partial charge on any atom is 0.394 e. The molecule has 0 unspecified atom stereocenters. The monoisotopic (exact) mass is 606 g/mol. The van der Waals surface area contributed by atoms with E-state index in [-0.39, 0.29) is 79.9 Å². The van der Waals surface area contributed by atoms with E-state index in [9.17, 15) is 31.5 Å². The van der Waals surface area contributed by atoms with Gasteiger partial charge in [0, 0.05) is 31.5 Å². The maximum absolute atomic E-state index is 14.0. The summed E-state index contributed by atoms with van der Waals surface area (Å²) < 4.78 is 70.0. The molecular formula is C30H35F5N6O2. The molecule has 3 N–H and O–H groups in total. The van der Waals surface area contributed by atoms with Gasteiger partial charge in [-0.3, -0.25) is 14.3 Å². The van der Waals surface area contributed by atoms with Gasteiger partial charge in [0.05, 0.1) is 28.5 Å². The Bertz CT molecular complexity index is 1510. The molecule has 6 rings (SSSR count). The lowest BCUT2D eigenvalue weighted by Gasteiger charge is -2.34. The Hall–Kier alpha value is -3.51. The third-order valence-electron chi connectivity index (χ3n) is 9.02. The second-order valence-corrected chi connectivity index (χ2v) is 12.9. The number of rotatable bonds is 11. The predicted octanol–water partition coefficient (Wildman–Crippen LogP) is 6.55. The molecule has 1 aromatic carbocycles. The number of H-pyrrole nitrogens is 1. The van der Waals surface area contributed by atoms with E-state index in [4.69, 9.17) is 0 Å². The van der Waals surface area contributed by atoms with Crippen molar-refractivity contribution < 1.29 is 31.5 Å². The number of imidazole rings is 1. The zero-order chi connectivity index (χ0) is 30.7. The molecule has 3 fully saturated rings. The summed E-state index contributed by atoms with van der Waals surface area (Å²) in [6.07, 6.45) is -2.00. The summed E-state index contributed by atoms with van der Waals surface area (Å²) in [7, 11) is 0. The lowest BCUT2D eigenvalue weighted by molar-refractivity contribution is -0.190. The number of amides is 2. The first kappa shape index (κ1) is 29.6. The van der Waals surface area contributed by atoms with E-state index in [0.717, 1.165) is 18.4 Å². The molecule has 0 radical (unpaired) electrons. The summed E-state index contributed by atoms with van der Waals surface area (Å²) in [5.74, 6) is -3.40. The minimum Gasteiger partial charge on any atom is -0.349 e. The first-order valence-corrected chi connectivity index (χ1v) is 14.8. The highest BCUT2D eigenvalue weighted by Gasteiger charge is 2.63. The van der Waals surface area contributed by atoms with E-state index < -0.39 is 29.5 Å². The molecule has 2 aromatic heterocycles. The minimum absolute atomic E-state index is 0.0154. The molecule has 3 saturated carbocycles. The fraction of sp³-hybridized carbons (Fsp3) is 0.600. The Morgan fingerprint density at radius 2 is 1.84 bits per heavy atom. The number of carbonyl (C=O) groups excluding carboxylic acids is 2. The van der Waals surface area contributed by atoms with Crippen molar-refractivity contribution in [1.82, 2.24) is 30.4 Å². The van der Waals surface area contributed by atoms with Gasteiger partial charge in [0.15, 0.2) is 0 Å². The Morgan fingerprint density at radius 3 is 2.44 bits per heavy atom. The van der Waals surface area contributed by atoms with Gasteiger partial charge in [-0.05, 0) is 81.5 Å². The van der Waals surface area contributed by atoms with Crippen LogP contribution in [0.5, 0.6) is 0 Å². The molecule has 2 atom stereocenters. The third kappa shape index (κ3) is 6.12. The molecule has 43 heavy (non-hydrogen) atoms. The van der Waals surface area contributed by atoms with E-state index in [1.54, 1.807) is 6.07 Å². The molecular weight excluding hydrogens is 571 g/mol. The largest absolute Gasteiger partial charge is 0.394 e. The van der Waals surface area contributed by atoms with Crippen LogP contribution in [0.4, 0.5) is 22.0 Å². The number of fused-ring (bicyclic) bond motifs is 1. The number of carbonyl (C=O) groups is 2. The zero-order valence-electron chi connectivity index (χ0n) is 24.0. The molecule has 0 bridgehead atoms. The van der Waals surface area contributed by atoms with Crippen LogP contribution in [0.2, 0.25) is 0 Å². The molecule has 13 heteroatoms. The lowest BCUT2D eigenvalue weighted by Crippen LogP contribution is -2.39. The number of nitrogens with zero attached hydrogens (tertiary/aromatic N) is 3. The second kappa shape index (κ2) is 10.6. The number of benzene rings is 1. The molecule has 2 heterocycles. The van der Waals surface area contributed by atoms with Gasteiger partial charge in [-0.15, -0.1) is 0 Å². The van der Waals surface area contributed by atoms with Crippen LogP contribution in [-0.2, 0) is 4.79 Å². The van der Waals surface area contributed by atoms with Gasteiger partial charge in [0.25, 0.3) is 5.91 Å². The summed E-state index contributed by atoms with van der Waals surface area (Å²) in [6.45, 7) is 3.70. The molecule has 0 aliphatic heterocycles. The summed E-state index contributed by atoms with van der Waals surface area (Å²) in [5.41, 5.74) is 0.227. The van der Waals surface area contributed by atoms with Gasteiger partial charge in [-0.2, -0.15) is 18.3 Å². The average molecular weight is 607 g/mol. The van der Waals surface area contributed by atoms with Crippen molar-refractivity contribution in [2.75, 3.05) is 0 Å². The van der Waals surface area contributed by atoms with Gasteiger partial charge in [0.2, 0.25) is 11.8 Å². The Balaban J connectivity index is 1.24. The fourth-order valence-corrected chi connectivity index (χ4v) is 6.23. The van der Waals surface area contributed by atoms with Crippen LogP contribution >= 0.6 is 0 Å². The van der Waals surface area contributed by atoms with Crippen molar-refractivity contribution >= 4 is 22.8 Å². The molecule has 3 aliphatic rings. The summed E-state index contributed by atoms with van der Waals surface area (Å²) in [5, 5.41) is 9.97. The zero-order valence-corrected chi connectivity index (χ0v) is 24.0. The van der Waals surface area contributed by atoms with Gasteiger partial charge in [0.1, 0.15) is 11.5 Å². The topological polar surface area (TPSA) is 105 Å². The summed E-state index contributed by atoms with van der Waals surface area (Å²) in [4.78, 5) is 33.7. The Kier molecular flexibility index (Phi) is 7.28. The van der Waals surface area contributed by atoms with E-state index in [1.807, 2.05) is 26.0 Å². The molecule has 232 valence electrons. The Morgan fingerprint density at radius 1 is 1.12 bits per heavy atom. The number of alkyl halides is 5. The number of halogens is 5. The van der Waals surface area contributed by atoms with Crippen molar-refractivity contribution in [2.24, 2.45) is 17.3 Å². The molecule has 2 amide bonds. The van der Waals surface area contributed by atoms with Crippen LogP contribution < -0.4 is 10.6 Å².